The first-order valence-electron chi connectivity index (χ1n) is 7.74. The van der Waals surface area contributed by atoms with E-state index in [0.717, 1.165) is 27.4 Å². The Morgan fingerprint density at radius 3 is 2.76 bits per heavy atom. The summed E-state index contributed by atoms with van der Waals surface area (Å²) in [5.41, 5.74) is 3.55. The van der Waals surface area contributed by atoms with Gasteiger partial charge >= 0.3 is 5.97 Å². The molecule has 2 heterocycles. The summed E-state index contributed by atoms with van der Waals surface area (Å²) >= 11 is 0. The highest BCUT2D eigenvalue weighted by Crippen LogP contribution is 2.35. The van der Waals surface area contributed by atoms with Crippen LogP contribution in [0.1, 0.15) is 5.56 Å². The van der Waals surface area contributed by atoms with Crippen LogP contribution in [0.25, 0.3) is 32.9 Å². The minimum atomic E-state index is -0.977. The lowest BCUT2D eigenvalue weighted by Crippen LogP contribution is -2.09. The van der Waals surface area contributed by atoms with Crippen molar-refractivity contribution in [3.05, 3.63) is 48.0 Å². The number of hydrogen-bond donors (Lipinski definition) is 1. The second kappa shape index (κ2) is 5.41. The van der Waals surface area contributed by atoms with Gasteiger partial charge in [0.25, 0.3) is 0 Å². The summed E-state index contributed by atoms with van der Waals surface area (Å²) in [4.78, 5) is 11.0. The van der Waals surface area contributed by atoms with Gasteiger partial charge < -0.3 is 5.11 Å². The van der Waals surface area contributed by atoms with Crippen LogP contribution in [-0.2, 0) is 18.4 Å². The van der Waals surface area contributed by atoms with Crippen LogP contribution in [0, 0.1) is 12.7 Å². The molecule has 0 bridgehead atoms. The van der Waals surface area contributed by atoms with Crippen LogP contribution in [0.3, 0.4) is 0 Å². The predicted octanol–water partition coefficient (Wildman–Crippen LogP) is 3.12. The number of fused-ring (bicyclic) bond motifs is 2. The van der Waals surface area contributed by atoms with Gasteiger partial charge in [-0.1, -0.05) is 6.07 Å². The number of carboxylic acid groups (broad SMARTS) is 1. The van der Waals surface area contributed by atoms with Gasteiger partial charge in [0.05, 0.1) is 23.4 Å². The van der Waals surface area contributed by atoms with E-state index in [9.17, 15) is 9.18 Å². The molecule has 0 amide bonds. The average molecular weight is 338 g/mol. The number of rotatable bonds is 3. The highest BCUT2D eigenvalue weighted by atomic mass is 19.1. The molecule has 2 aromatic heterocycles. The molecule has 0 saturated heterocycles. The molecule has 0 unspecified atom stereocenters. The number of aliphatic carboxylic acids is 1. The van der Waals surface area contributed by atoms with Crippen LogP contribution in [0.5, 0.6) is 0 Å². The van der Waals surface area contributed by atoms with E-state index in [4.69, 9.17) is 5.11 Å². The largest absolute Gasteiger partial charge is 0.480 e. The first kappa shape index (κ1) is 15.3. The van der Waals surface area contributed by atoms with Crippen LogP contribution in [0.4, 0.5) is 4.39 Å². The molecule has 25 heavy (non-hydrogen) atoms. The number of halogens is 1. The summed E-state index contributed by atoms with van der Waals surface area (Å²) in [6, 6.07) is 6.90. The van der Waals surface area contributed by atoms with E-state index in [1.54, 1.807) is 23.1 Å². The zero-order valence-electron chi connectivity index (χ0n) is 13.7. The molecule has 4 rings (SSSR count). The van der Waals surface area contributed by atoms with Gasteiger partial charge in [-0.05, 0) is 36.2 Å². The molecule has 6 nitrogen and oxygen atoms in total. The Hall–Kier alpha value is -3.22. The van der Waals surface area contributed by atoms with E-state index < -0.39 is 5.97 Å². The molecule has 2 aromatic carbocycles. The Bertz CT molecular complexity index is 1140. The highest BCUT2D eigenvalue weighted by Gasteiger charge is 2.17. The monoisotopic (exact) mass is 338 g/mol. The summed E-state index contributed by atoms with van der Waals surface area (Å²) < 4.78 is 17.9. The van der Waals surface area contributed by atoms with Crippen molar-refractivity contribution in [3.8, 4) is 11.1 Å². The lowest BCUT2D eigenvalue weighted by atomic mass is 9.95. The summed E-state index contributed by atoms with van der Waals surface area (Å²) in [6.07, 6.45) is 3.22. The number of aromatic nitrogens is 4. The number of benzene rings is 2. The normalized spacial score (nSPS) is 11.5. The lowest BCUT2D eigenvalue weighted by molar-refractivity contribution is -0.137. The Morgan fingerprint density at radius 2 is 2.00 bits per heavy atom. The predicted molar refractivity (Wildman–Crippen MR) is 91.8 cm³/mol. The molecule has 0 atom stereocenters. The molecule has 0 spiro atoms. The molecular weight excluding hydrogens is 323 g/mol. The number of hydrogen-bond acceptors (Lipinski definition) is 3. The van der Waals surface area contributed by atoms with Crippen LogP contribution in [-0.4, -0.2) is 30.6 Å². The van der Waals surface area contributed by atoms with Gasteiger partial charge in [0.1, 0.15) is 12.4 Å². The number of carboxylic acids is 1. The van der Waals surface area contributed by atoms with E-state index in [0.29, 0.717) is 11.1 Å². The van der Waals surface area contributed by atoms with E-state index >= 15 is 0 Å². The molecule has 0 aliphatic heterocycles. The van der Waals surface area contributed by atoms with Crippen LogP contribution < -0.4 is 0 Å². The smallest absolute Gasteiger partial charge is 0.325 e. The molecule has 0 radical (unpaired) electrons. The van der Waals surface area contributed by atoms with Crippen molar-refractivity contribution in [2.45, 2.75) is 13.5 Å². The number of aryl methyl sites for hydroxylation is 2. The Labute approximate surface area is 142 Å². The van der Waals surface area contributed by atoms with Gasteiger partial charge in [-0.3, -0.25) is 14.2 Å². The summed E-state index contributed by atoms with van der Waals surface area (Å²) in [6.45, 7) is 1.66. The summed E-state index contributed by atoms with van der Waals surface area (Å²) in [5.74, 6) is -1.32. The molecule has 7 heteroatoms. The first-order valence-corrected chi connectivity index (χ1v) is 7.74. The Balaban J connectivity index is 2.02. The van der Waals surface area contributed by atoms with Crippen molar-refractivity contribution < 1.29 is 14.3 Å². The highest BCUT2D eigenvalue weighted by molar-refractivity contribution is 5.99. The third-order valence-electron chi connectivity index (χ3n) is 4.42. The number of carbonyl (C=O) groups is 1. The molecule has 4 aromatic rings. The van der Waals surface area contributed by atoms with E-state index in [1.807, 2.05) is 26.1 Å². The fourth-order valence-corrected chi connectivity index (χ4v) is 3.24. The quantitative estimate of drug-likeness (QED) is 0.623. The van der Waals surface area contributed by atoms with E-state index in [-0.39, 0.29) is 12.4 Å². The minimum absolute atomic E-state index is 0.241. The third kappa shape index (κ3) is 2.36. The zero-order chi connectivity index (χ0) is 17.7. The van der Waals surface area contributed by atoms with Crippen LogP contribution in [0.2, 0.25) is 0 Å². The van der Waals surface area contributed by atoms with Gasteiger partial charge in [0, 0.05) is 23.4 Å². The second-order valence-electron chi connectivity index (χ2n) is 6.05. The third-order valence-corrected chi connectivity index (χ3v) is 4.42. The van der Waals surface area contributed by atoms with Crippen molar-refractivity contribution in [2.24, 2.45) is 7.05 Å². The molecule has 0 aliphatic rings. The molecular formula is C18H15FN4O2. The first-order chi connectivity index (χ1) is 12.0. The summed E-state index contributed by atoms with van der Waals surface area (Å²) in [7, 11) is 1.81. The van der Waals surface area contributed by atoms with E-state index in [1.165, 1.54) is 10.7 Å². The van der Waals surface area contributed by atoms with Gasteiger partial charge in [-0.25, -0.2) is 4.39 Å². The SMILES string of the molecule is Cc1ccc2c(cnn2CC(=O)O)c1-c1cc2c(cnn2C)cc1F. The maximum Gasteiger partial charge on any atom is 0.325 e. The van der Waals surface area contributed by atoms with Crippen molar-refractivity contribution in [2.75, 3.05) is 0 Å². The van der Waals surface area contributed by atoms with Crippen LogP contribution >= 0.6 is 0 Å². The standard InChI is InChI=1S/C18H15FN4O2/c1-10-3-4-15-13(8-21-23(15)9-17(24)25)18(10)12-6-16-11(5-14(12)19)7-20-22(16)2/h3-8H,9H2,1-2H3,(H,24,25). The maximum atomic E-state index is 14.8. The molecule has 1 N–H and O–H groups in total. The van der Waals surface area contributed by atoms with E-state index in [2.05, 4.69) is 10.2 Å². The van der Waals surface area contributed by atoms with Crippen molar-refractivity contribution in [1.29, 1.82) is 0 Å². The Kier molecular flexibility index (Phi) is 3.31. The molecule has 0 fully saturated rings. The average Bonchev–Trinajstić information content (AvgIpc) is 3.11. The minimum Gasteiger partial charge on any atom is -0.480 e. The Morgan fingerprint density at radius 1 is 1.20 bits per heavy atom. The zero-order valence-corrected chi connectivity index (χ0v) is 13.7. The van der Waals surface area contributed by atoms with Crippen molar-refractivity contribution in [3.63, 3.8) is 0 Å². The fourth-order valence-electron chi connectivity index (χ4n) is 3.24. The molecule has 0 aliphatic carbocycles. The van der Waals surface area contributed by atoms with Gasteiger partial charge in [-0.2, -0.15) is 10.2 Å². The van der Waals surface area contributed by atoms with Gasteiger partial charge in [-0.15, -0.1) is 0 Å². The van der Waals surface area contributed by atoms with Gasteiger partial charge in [0.15, 0.2) is 0 Å². The van der Waals surface area contributed by atoms with Crippen molar-refractivity contribution in [1.82, 2.24) is 19.6 Å². The van der Waals surface area contributed by atoms with Gasteiger partial charge in [0.2, 0.25) is 0 Å². The van der Waals surface area contributed by atoms with Crippen molar-refractivity contribution >= 4 is 27.8 Å². The molecule has 0 saturated carbocycles. The second-order valence-corrected chi connectivity index (χ2v) is 6.05. The lowest BCUT2D eigenvalue weighted by Gasteiger charge is -2.10. The topological polar surface area (TPSA) is 72.9 Å². The fraction of sp³-hybridized carbons (Fsp3) is 0.167. The summed E-state index contributed by atoms with van der Waals surface area (Å²) in [5, 5.41) is 18.8. The maximum absolute atomic E-state index is 14.8. The number of nitrogens with zero attached hydrogens (tertiary/aromatic N) is 4. The molecule has 126 valence electrons. The van der Waals surface area contributed by atoms with Crippen LogP contribution in [0.15, 0.2) is 36.7 Å².